The van der Waals surface area contributed by atoms with Crippen molar-refractivity contribution in [2.24, 2.45) is 5.41 Å². The summed E-state index contributed by atoms with van der Waals surface area (Å²) in [4.78, 5) is 24.1. The van der Waals surface area contributed by atoms with Crippen LogP contribution in [0.2, 0.25) is 0 Å². The fourth-order valence-electron chi connectivity index (χ4n) is 3.85. The summed E-state index contributed by atoms with van der Waals surface area (Å²) in [6.07, 6.45) is 7.75. The van der Waals surface area contributed by atoms with Crippen LogP contribution >= 0.6 is 0 Å². The van der Waals surface area contributed by atoms with Crippen molar-refractivity contribution in [3.63, 3.8) is 0 Å². The molecule has 3 atom stereocenters. The van der Waals surface area contributed by atoms with Gasteiger partial charge >= 0.3 is 5.97 Å². The Morgan fingerprint density at radius 3 is 2.72 bits per heavy atom. The van der Waals surface area contributed by atoms with Gasteiger partial charge in [-0.3, -0.25) is 9.59 Å². The van der Waals surface area contributed by atoms with E-state index in [1.165, 1.54) is 18.1 Å². The predicted molar refractivity (Wildman–Crippen MR) is 97.9 cm³/mol. The van der Waals surface area contributed by atoms with Crippen LogP contribution in [0.4, 0.5) is 0 Å². The number of rotatable bonds is 5. The van der Waals surface area contributed by atoms with Crippen molar-refractivity contribution in [1.29, 1.82) is 0 Å². The first-order valence-electron chi connectivity index (χ1n) is 9.08. The van der Waals surface area contributed by atoms with Gasteiger partial charge in [-0.15, -0.1) is 0 Å². The summed E-state index contributed by atoms with van der Waals surface area (Å²) >= 11 is 0. The van der Waals surface area contributed by atoms with Crippen molar-refractivity contribution >= 4 is 11.8 Å². The first-order valence-corrected chi connectivity index (χ1v) is 9.08. The van der Waals surface area contributed by atoms with Gasteiger partial charge in [-0.2, -0.15) is 0 Å². The van der Waals surface area contributed by atoms with Crippen LogP contribution in [0, 0.1) is 5.41 Å². The first kappa shape index (κ1) is 19.5. The van der Waals surface area contributed by atoms with Gasteiger partial charge in [-0.1, -0.05) is 23.8 Å². The van der Waals surface area contributed by atoms with Gasteiger partial charge in [0.25, 0.3) is 0 Å². The second kappa shape index (κ2) is 8.03. The van der Waals surface area contributed by atoms with Gasteiger partial charge in [0.1, 0.15) is 18.0 Å². The van der Waals surface area contributed by atoms with E-state index in [-0.39, 0.29) is 24.0 Å². The Morgan fingerprint density at radius 1 is 1.36 bits per heavy atom. The summed E-state index contributed by atoms with van der Waals surface area (Å²) in [5.41, 5.74) is 1.88. The second-order valence-corrected chi connectivity index (χ2v) is 7.64. The van der Waals surface area contributed by atoms with Crippen LogP contribution in [0.3, 0.4) is 0 Å². The molecule has 0 aromatic carbocycles. The SMILES string of the molecule is C=C1CC2(C[C@H](OC(C)=O)CCC2=O)[C@@H](/C=C(\C)CCC=C(C)C)O1. The Balaban J connectivity index is 2.18. The minimum Gasteiger partial charge on any atom is -0.490 e. The summed E-state index contributed by atoms with van der Waals surface area (Å²) in [5, 5.41) is 0. The molecule has 1 spiro atoms. The van der Waals surface area contributed by atoms with E-state index in [2.05, 4.69) is 39.5 Å². The topological polar surface area (TPSA) is 52.6 Å². The largest absolute Gasteiger partial charge is 0.490 e. The number of carbonyl (C=O) groups is 2. The maximum absolute atomic E-state index is 12.8. The van der Waals surface area contributed by atoms with Gasteiger partial charge in [0.15, 0.2) is 0 Å². The third-order valence-corrected chi connectivity index (χ3v) is 5.05. The van der Waals surface area contributed by atoms with E-state index in [1.807, 2.05) is 0 Å². The highest BCUT2D eigenvalue weighted by Crippen LogP contribution is 2.49. The lowest BCUT2D eigenvalue weighted by molar-refractivity contribution is -0.155. The molecule has 4 nitrogen and oxygen atoms in total. The first-order chi connectivity index (χ1) is 11.7. The Morgan fingerprint density at radius 2 is 2.08 bits per heavy atom. The fraction of sp³-hybridized carbons (Fsp3) is 0.619. The highest BCUT2D eigenvalue weighted by atomic mass is 16.5. The monoisotopic (exact) mass is 346 g/mol. The number of ketones is 1. The van der Waals surface area contributed by atoms with Crippen LogP contribution in [0.25, 0.3) is 0 Å². The van der Waals surface area contributed by atoms with Crippen molar-refractivity contribution in [1.82, 2.24) is 0 Å². The molecule has 0 bridgehead atoms. The zero-order valence-corrected chi connectivity index (χ0v) is 15.9. The molecule has 25 heavy (non-hydrogen) atoms. The molecule has 4 heteroatoms. The third-order valence-electron chi connectivity index (χ3n) is 5.05. The lowest BCUT2D eigenvalue weighted by Crippen LogP contribution is -2.45. The average molecular weight is 346 g/mol. The Kier molecular flexibility index (Phi) is 6.26. The molecule has 2 rings (SSSR count). The van der Waals surface area contributed by atoms with Gasteiger partial charge in [-0.25, -0.2) is 0 Å². The molecule has 1 heterocycles. The van der Waals surface area contributed by atoms with E-state index in [9.17, 15) is 9.59 Å². The standard InChI is InChI=1S/C21H30O4/c1-14(2)7-6-8-15(3)11-20-21(12-16(4)24-20)13-18(25-17(5)22)9-10-19(21)23/h7,11,18,20H,4,6,8-10,12-13H2,1-3,5H3/b15-11+/t18-,20-,21?/m1/s1. The van der Waals surface area contributed by atoms with Gasteiger partial charge in [0, 0.05) is 26.2 Å². The van der Waals surface area contributed by atoms with E-state index in [0.717, 1.165) is 12.8 Å². The zero-order chi connectivity index (χ0) is 18.6. The van der Waals surface area contributed by atoms with Crippen LogP contribution in [0.1, 0.15) is 66.2 Å². The Labute approximate surface area is 151 Å². The van der Waals surface area contributed by atoms with Crippen molar-refractivity contribution in [2.75, 3.05) is 0 Å². The third kappa shape index (κ3) is 4.83. The van der Waals surface area contributed by atoms with Crippen LogP contribution < -0.4 is 0 Å². The average Bonchev–Trinajstić information content (AvgIpc) is 2.78. The van der Waals surface area contributed by atoms with Gasteiger partial charge in [0.05, 0.1) is 11.2 Å². The second-order valence-electron chi connectivity index (χ2n) is 7.64. The molecule has 0 radical (unpaired) electrons. The molecule has 0 amide bonds. The van der Waals surface area contributed by atoms with Crippen LogP contribution in [-0.2, 0) is 19.1 Å². The predicted octanol–water partition coefficient (Wildman–Crippen LogP) is 4.65. The molecule has 1 aliphatic heterocycles. The summed E-state index contributed by atoms with van der Waals surface area (Å²) in [7, 11) is 0. The number of hydrogen-bond acceptors (Lipinski definition) is 4. The minimum absolute atomic E-state index is 0.202. The summed E-state index contributed by atoms with van der Waals surface area (Å²) in [6.45, 7) is 11.6. The normalized spacial score (nSPS) is 29.5. The lowest BCUT2D eigenvalue weighted by atomic mass is 9.67. The van der Waals surface area contributed by atoms with Crippen LogP contribution in [0.15, 0.2) is 35.6 Å². The molecule has 1 unspecified atom stereocenters. The number of hydrogen-bond donors (Lipinski definition) is 0. The number of carbonyl (C=O) groups excluding carboxylic acids is 2. The molecule has 0 aromatic heterocycles. The number of ether oxygens (including phenoxy) is 2. The van der Waals surface area contributed by atoms with E-state index < -0.39 is 5.41 Å². The van der Waals surface area contributed by atoms with E-state index >= 15 is 0 Å². The highest BCUT2D eigenvalue weighted by Gasteiger charge is 2.54. The highest BCUT2D eigenvalue weighted by molar-refractivity contribution is 5.87. The minimum atomic E-state index is -0.632. The van der Waals surface area contributed by atoms with Gasteiger partial charge in [0.2, 0.25) is 0 Å². The summed E-state index contributed by atoms with van der Waals surface area (Å²) in [5.74, 6) is 0.556. The maximum atomic E-state index is 12.8. The van der Waals surface area contributed by atoms with E-state index in [4.69, 9.17) is 9.47 Å². The van der Waals surface area contributed by atoms with E-state index in [1.54, 1.807) is 0 Å². The molecule has 1 saturated carbocycles. The molecule has 138 valence electrons. The molecule has 2 fully saturated rings. The fourth-order valence-corrected chi connectivity index (χ4v) is 3.85. The van der Waals surface area contributed by atoms with Crippen molar-refractivity contribution < 1.29 is 19.1 Å². The Bertz CT molecular complexity index is 609. The van der Waals surface area contributed by atoms with E-state index in [0.29, 0.717) is 31.4 Å². The summed E-state index contributed by atoms with van der Waals surface area (Å²) in [6, 6.07) is 0. The van der Waals surface area contributed by atoms with Crippen molar-refractivity contribution in [3.8, 4) is 0 Å². The lowest BCUT2D eigenvalue weighted by Gasteiger charge is -2.37. The zero-order valence-electron chi connectivity index (χ0n) is 15.9. The summed E-state index contributed by atoms with van der Waals surface area (Å²) < 4.78 is 11.3. The number of allylic oxidation sites excluding steroid dienone is 4. The van der Waals surface area contributed by atoms with Gasteiger partial charge in [-0.05, 0) is 46.1 Å². The van der Waals surface area contributed by atoms with Crippen molar-refractivity contribution in [3.05, 3.63) is 35.6 Å². The van der Waals surface area contributed by atoms with Crippen LogP contribution in [0.5, 0.6) is 0 Å². The quantitative estimate of drug-likeness (QED) is 0.537. The maximum Gasteiger partial charge on any atom is 0.302 e. The van der Waals surface area contributed by atoms with Gasteiger partial charge < -0.3 is 9.47 Å². The van der Waals surface area contributed by atoms with Crippen LogP contribution in [-0.4, -0.2) is 24.0 Å². The molecule has 0 aromatic rings. The Hall–Kier alpha value is -1.84. The molecule has 0 N–H and O–H groups in total. The van der Waals surface area contributed by atoms with Crippen molar-refractivity contribution in [2.45, 2.75) is 78.4 Å². The number of esters is 1. The molecular formula is C21H30O4. The smallest absolute Gasteiger partial charge is 0.302 e. The number of Topliss-reactive ketones (excluding diaryl/α,β-unsaturated/α-hetero) is 1. The molecular weight excluding hydrogens is 316 g/mol. The molecule has 2 aliphatic rings. The molecule has 1 aliphatic carbocycles. The molecule has 1 saturated heterocycles.